The molecule has 208 valence electrons. The van der Waals surface area contributed by atoms with Crippen LogP contribution in [0.4, 0.5) is 5.69 Å². The van der Waals surface area contributed by atoms with Gasteiger partial charge in [-0.1, -0.05) is 71.3 Å². The number of hydrogen-bond donors (Lipinski definition) is 1. The van der Waals surface area contributed by atoms with E-state index in [4.69, 9.17) is 25.8 Å². The average molecular weight is 567 g/mol. The van der Waals surface area contributed by atoms with Gasteiger partial charge in [0.05, 0.1) is 11.6 Å². The molecule has 0 fully saturated rings. The molecule has 0 aliphatic heterocycles. The highest BCUT2D eigenvalue weighted by Gasteiger charge is 2.15. The third kappa shape index (κ3) is 8.38. The van der Waals surface area contributed by atoms with E-state index in [1.807, 2.05) is 75.4 Å². The summed E-state index contributed by atoms with van der Waals surface area (Å²) in [6.45, 7) is 7.06. The first-order valence-corrected chi connectivity index (χ1v) is 13.6. The molecule has 41 heavy (non-hydrogen) atoms. The number of ether oxygens (including phenoxy) is 3. The lowest BCUT2D eigenvalue weighted by Crippen LogP contribution is -2.13. The molecule has 0 bridgehead atoms. The molecule has 0 saturated heterocycles. The Morgan fingerprint density at radius 3 is 2.00 bits per heavy atom. The Kier molecular flexibility index (Phi) is 10.0. The second-order valence-electron chi connectivity index (χ2n) is 9.46. The summed E-state index contributed by atoms with van der Waals surface area (Å²) in [5, 5.41) is 12.8. The number of halogens is 1. The minimum Gasteiger partial charge on any atom is -0.490 e. The fourth-order valence-corrected chi connectivity index (χ4v) is 4.19. The van der Waals surface area contributed by atoms with Gasteiger partial charge in [0, 0.05) is 5.69 Å². The number of anilines is 1. The van der Waals surface area contributed by atoms with E-state index in [2.05, 4.69) is 5.32 Å². The van der Waals surface area contributed by atoms with Crippen molar-refractivity contribution in [2.24, 2.45) is 0 Å². The van der Waals surface area contributed by atoms with Crippen LogP contribution in [0, 0.1) is 25.2 Å². The zero-order valence-electron chi connectivity index (χ0n) is 23.2. The highest BCUT2D eigenvalue weighted by Crippen LogP contribution is 2.38. The first-order valence-electron chi connectivity index (χ1n) is 13.2. The zero-order valence-corrected chi connectivity index (χ0v) is 24.0. The number of hydrogen-bond acceptors (Lipinski definition) is 5. The predicted octanol–water partition coefficient (Wildman–Crippen LogP) is 8.06. The van der Waals surface area contributed by atoms with Gasteiger partial charge in [0.15, 0.2) is 11.5 Å². The molecule has 0 aromatic heterocycles. The maximum absolute atomic E-state index is 12.9. The molecular formula is C34H31ClN2O4. The van der Waals surface area contributed by atoms with Gasteiger partial charge in [-0.15, -0.1) is 0 Å². The summed E-state index contributed by atoms with van der Waals surface area (Å²) in [5.74, 6) is 0.952. The number of nitrogens with one attached hydrogen (secondary N) is 1. The van der Waals surface area contributed by atoms with Crippen LogP contribution in [0.1, 0.15) is 34.7 Å². The number of benzene rings is 4. The summed E-state index contributed by atoms with van der Waals surface area (Å²) in [5.41, 5.74) is 5.39. The van der Waals surface area contributed by atoms with Crippen molar-refractivity contribution in [2.75, 3.05) is 11.9 Å². The standard InChI is InChI=1S/C34H31ClN2O4/c1-4-39-32-19-27(18-31(35)33(32)41-22-26-11-7-24(3)8-12-26)17-28(20-36)34(38)37-29-13-15-30(16-14-29)40-21-25-9-5-23(2)6-10-25/h5-19H,4,21-22H2,1-3H3,(H,37,38)/b28-17+. The Bertz CT molecular complexity index is 1560. The molecule has 1 N–H and O–H groups in total. The molecule has 0 radical (unpaired) electrons. The van der Waals surface area contributed by atoms with Crippen LogP contribution in [0.5, 0.6) is 17.2 Å². The molecule has 0 atom stereocenters. The fourth-order valence-electron chi connectivity index (χ4n) is 3.91. The normalized spacial score (nSPS) is 11.0. The van der Waals surface area contributed by atoms with Crippen molar-refractivity contribution >= 4 is 29.3 Å². The fraction of sp³-hybridized carbons (Fsp3) is 0.176. The number of nitriles is 1. The molecule has 4 aromatic rings. The van der Waals surface area contributed by atoms with Gasteiger partial charge in [0.2, 0.25) is 0 Å². The van der Waals surface area contributed by atoms with Gasteiger partial charge in [-0.2, -0.15) is 5.26 Å². The first-order chi connectivity index (χ1) is 19.8. The molecule has 4 rings (SSSR count). The zero-order chi connectivity index (χ0) is 29.2. The summed E-state index contributed by atoms with van der Waals surface area (Å²) >= 11 is 6.55. The molecule has 0 heterocycles. The Hall–Kier alpha value is -4.73. The Balaban J connectivity index is 1.43. The second-order valence-corrected chi connectivity index (χ2v) is 9.87. The molecule has 0 aliphatic carbocycles. The van der Waals surface area contributed by atoms with Gasteiger partial charge >= 0.3 is 0 Å². The minimum absolute atomic E-state index is 0.0865. The van der Waals surface area contributed by atoms with E-state index in [0.29, 0.717) is 53.3 Å². The smallest absolute Gasteiger partial charge is 0.266 e. The monoisotopic (exact) mass is 566 g/mol. The third-order valence-corrected chi connectivity index (χ3v) is 6.43. The first kappa shape index (κ1) is 29.3. The van der Waals surface area contributed by atoms with E-state index in [-0.39, 0.29) is 5.57 Å². The highest BCUT2D eigenvalue weighted by atomic mass is 35.5. The Morgan fingerprint density at radius 2 is 1.44 bits per heavy atom. The van der Waals surface area contributed by atoms with Crippen LogP contribution in [0.25, 0.3) is 6.08 Å². The van der Waals surface area contributed by atoms with E-state index in [0.717, 1.165) is 16.7 Å². The molecule has 0 unspecified atom stereocenters. The number of carbonyl (C=O) groups excluding carboxylic acids is 1. The summed E-state index contributed by atoms with van der Waals surface area (Å²) in [6, 6.07) is 28.4. The van der Waals surface area contributed by atoms with Crippen LogP contribution in [-0.2, 0) is 18.0 Å². The summed E-state index contributed by atoms with van der Waals surface area (Å²) in [7, 11) is 0. The number of aryl methyl sites for hydroxylation is 2. The van der Waals surface area contributed by atoms with Crippen molar-refractivity contribution in [3.63, 3.8) is 0 Å². The summed E-state index contributed by atoms with van der Waals surface area (Å²) in [6.07, 6.45) is 1.46. The van der Waals surface area contributed by atoms with E-state index < -0.39 is 5.91 Å². The molecule has 4 aromatic carbocycles. The maximum Gasteiger partial charge on any atom is 0.266 e. The van der Waals surface area contributed by atoms with Crippen molar-refractivity contribution < 1.29 is 19.0 Å². The molecule has 6 nitrogen and oxygen atoms in total. The molecule has 1 amide bonds. The molecule has 0 aliphatic rings. The van der Waals surface area contributed by atoms with Gasteiger partial charge in [-0.05, 0) is 79.9 Å². The largest absolute Gasteiger partial charge is 0.490 e. The van der Waals surface area contributed by atoms with E-state index in [1.165, 1.54) is 11.6 Å². The maximum atomic E-state index is 12.9. The lowest BCUT2D eigenvalue weighted by atomic mass is 10.1. The Labute approximate surface area is 245 Å². The lowest BCUT2D eigenvalue weighted by Gasteiger charge is -2.15. The highest BCUT2D eigenvalue weighted by molar-refractivity contribution is 6.32. The SMILES string of the molecule is CCOc1cc(/C=C(\C#N)C(=O)Nc2ccc(OCc3ccc(C)cc3)cc2)cc(Cl)c1OCc1ccc(C)cc1. The van der Waals surface area contributed by atoms with E-state index in [9.17, 15) is 10.1 Å². The summed E-state index contributed by atoms with van der Waals surface area (Å²) in [4.78, 5) is 12.9. The van der Waals surface area contributed by atoms with Crippen molar-refractivity contribution in [3.8, 4) is 23.3 Å². The van der Waals surface area contributed by atoms with Crippen molar-refractivity contribution in [1.29, 1.82) is 5.26 Å². The third-order valence-electron chi connectivity index (χ3n) is 6.15. The molecular weight excluding hydrogens is 536 g/mol. The van der Waals surface area contributed by atoms with Crippen LogP contribution < -0.4 is 19.5 Å². The number of carbonyl (C=O) groups is 1. The summed E-state index contributed by atoms with van der Waals surface area (Å²) < 4.78 is 17.6. The molecule has 0 saturated carbocycles. The van der Waals surface area contributed by atoms with Crippen LogP contribution in [0.3, 0.4) is 0 Å². The quantitative estimate of drug-likeness (QED) is 0.147. The number of amides is 1. The number of rotatable bonds is 11. The van der Waals surface area contributed by atoms with Gasteiger partial charge < -0.3 is 19.5 Å². The van der Waals surface area contributed by atoms with Crippen LogP contribution in [0.15, 0.2) is 90.5 Å². The molecule has 0 spiro atoms. The van der Waals surface area contributed by atoms with Gasteiger partial charge in [0.1, 0.15) is 30.6 Å². The number of nitrogens with zero attached hydrogens (tertiary/aromatic N) is 1. The van der Waals surface area contributed by atoms with Crippen molar-refractivity contribution in [2.45, 2.75) is 34.0 Å². The van der Waals surface area contributed by atoms with Gasteiger partial charge in [0.25, 0.3) is 5.91 Å². The van der Waals surface area contributed by atoms with E-state index >= 15 is 0 Å². The second kappa shape index (κ2) is 14.1. The predicted molar refractivity (Wildman–Crippen MR) is 162 cm³/mol. The van der Waals surface area contributed by atoms with Crippen LogP contribution >= 0.6 is 11.6 Å². The van der Waals surface area contributed by atoms with Gasteiger partial charge in [-0.3, -0.25) is 4.79 Å². The van der Waals surface area contributed by atoms with Gasteiger partial charge in [-0.25, -0.2) is 0 Å². The topological polar surface area (TPSA) is 80.6 Å². The van der Waals surface area contributed by atoms with Crippen LogP contribution in [-0.4, -0.2) is 12.5 Å². The van der Waals surface area contributed by atoms with Crippen molar-refractivity contribution in [3.05, 3.63) is 123 Å². The van der Waals surface area contributed by atoms with Crippen LogP contribution in [0.2, 0.25) is 5.02 Å². The molecule has 7 heteroatoms. The van der Waals surface area contributed by atoms with Crippen molar-refractivity contribution in [1.82, 2.24) is 0 Å². The Morgan fingerprint density at radius 1 is 0.854 bits per heavy atom. The lowest BCUT2D eigenvalue weighted by molar-refractivity contribution is -0.112. The minimum atomic E-state index is -0.547. The van der Waals surface area contributed by atoms with E-state index in [1.54, 1.807) is 36.4 Å². The average Bonchev–Trinajstić information content (AvgIpc) is 2.97.